The van der Waals surface area contributed by atoms with Crippen LogP contribution in [0.1, 0.15) is 42.1 Å². The number of rotatable bonds is 6. The minimum absolute atomic E-state index is 0.0246. The van der Waals surface area contributed by atoms with Gasteiger partial charge in [0.2, 0.25) is 0 Å². The Morgan fingerprint density at radius 3 is 2.61 bits per heavy atom. The summed E-state index contributed by atoms with van der Waals surface area (Å²) in [6, 6.07) is 7.35. The van der Waals surface area contributed by atoms with Crippen molar-refractivity contribution < 1.29 is 19.1 Å². The summed E-state index contributed by atoms with van der Waals surface area (Å²) < 4.78 is 10.9. The molecule has 4 nitrogen and oxygen atoms in total. The van der Waals surface area contributed by atoms with Gasteiger partial charge >= 0.3 is 7.60 Å². The van der Waals surface area contributed by atoms with Gasteiger partial charge in [-0.1, -0.05) is 30.7 Å². The maximum Gasteiger partial charge on any atom is 0.328 e. The summed E-state index contributed by atoms with van der Waals surface area (Å²) in [6.45, 7) is 3.44. The monoisotopic (exact) mass is 270 g/mol. The summed E-state index contributed by atoms with van der Waals surface area (Å²) in [7, 11) is -4.01. The molecule has 0 spiro atoms. The van der Waals surface area contributed by atoms with E-state index in [0.29, 0.717) is 24.8 Å². The Labute approximate surface area is 107 Å². The van der Waals surface area contributed by atoms with Crippen molar-refractivity contribution in [2.24, 2.45) is 0 Å². The molecule has 0 aliphatic carbocycles. The summed E-state index contributed by atoms with van der Waals surface area (Å²) >= 11 is 0. The first-order chi connectivity index (χ1) is 8.30. The lowest BCUT2D eigenvalue weighted by Crippen LogP contribution is -2.05. The fourth-order valence-corrected chi connectivity index (χ4v) is 2.21. The number of carbonyl (C=O) groups excluding carboxylic acids is 1. The third kappa shape index (κ3) is 4.73. The van der Waals surface area contributed by atoms with Crippen LogP contribution in [0.2, 0.25) is 0 Å². The number of carbonyl (C=O) groups is 1. The Kier molecular flexibility index (Phi) is 5.27. The molecule has 1 atom stereocenters. The van der Waals surface area contributed by atoms with Crippen LogP contribution >= 0.6 is 7.60 Å². The SMILES string of the molecule is Cc1cccc(C(=O)CCCC(C)P(=O)(O)O)c1. The zero-order valence-electron chi connectivity index (χ0n) is 10.7. The number of aryl methyl sites for hydroxylation is 1. The quantitative estimate of drug-likeness (QED) is 0.615. The van der Waals surface area contributed by atoms with Crippen molar-refractivity contribution in [2.75, 3.05) is 0 Å². The van der Waals surface area contributed by atoms with Crippen LogP contribution in [0.25, 0.3) is 0 Å². The van der Waals surface area contributed by atoms with Gasteiger partial charge in [0, 0.05) is 12.0 Å². The van der Waals surface area contributed by atoms with E-state index in [2.05, 4.69) is 0 Å². The maximum absolute atomic E-state index is 11.8. The molecule has 0 radical (unpaired) electrons. The van der Waals surface area contributed by atoms with E-state index < -0.39 is 13.3 Å². The Morgan fingerprint density at radius 1 is 1.39 bits per heavy atom. The Morgan fingerprint density at radius 2 is 2.06 bits per heavy atom. The third-order valence-corrected chi connectivity index (χ3v) is 4.35. The molecule has 0 aliphatic rings. The van der Waals surface area contributed by atoms with Gasteiger partial charge in [-0.2, -0.15) is 0 Å². The highest BCUT2D eigenvalue weighted by molar-refractivity contribution is 7.52. The normalized spacial score (nSPS) is 13.3. The van der Waals surface area contributed by atoms with E-state index in [0.717, 1.165) is 5.56 Å². The van der Waals surface area contributed by atoms with Gasteiger partial charge in [-0.3, -0.25) is 9.36 Å². The Balaban J connectivity index is 2.45. The molecule has 1 rings (SSSR count). The average molecular weight is 270 g/mol. The molecule has 18 heavy (non-hydrogen) atoms. The Bertz CT molecular complexity index is 464. The summed E-state index contributed by atoms with van der Waals surface area (Å²) in [5.74, 6) is 0.0246. The van der Waals surface area contributed by atoms with Crippen molar-refractivity contribution in [1.82, 2.24) is 0 Å². The number of benzene rings is 1. The number of hydrogen-bond acceptors (Lipinski definition) is 2. The van der Waals surface area contributed by atoms with E-state index in [1.807, 2.05) is 25.1 Å². The van der Waals surface area contributed by atoms with Crippen molar-refractivity contribution in [3.8, 4) is 0 Å². The minimum Gasteiger partial charge on any atom is -0.324 e. The first-order valence-electron chi connectivity index (χ1n) is 5.96. The molecule has 1 aromatic rings. The average Bonchev–Trinajstić information content (AvgIpc) is 2.27. The summed E-state index contributed by atoms with van der Waals surface area (Å²) in [5, 5.41) is 0. The summed E-state index contributed by atoms with van der Waals surface area (Å²) in [6.07, 6.45) is 1.19. The van der Waals surface area contributed by atoms with E-state index >= 15 is 0 Å². The van der Waals surface area contributed by atoms with Crippen LogP contribution in [-0.4, -0.2) is 21.2 Å². The molecule has 0 fully saturated rings. The van der Waals surface area contributed by atoms with Crippen molar-refractivity contribution >= 4 is 13.4 Å². The van der Waals surface area contributed by atoms with E-state index in [9.17, 15) is 9.36 Å². The standard InChI is InChI=1S/C13H19O4P/c1-10-5-3-7-12(9-10)13(14)8-4-6-11(2)18(15,16)17/h3,5,7,9,11H,4,6,8H2,1-2H3,(H2,15,16,17). The van der Waals surface area contributed by atoms with E-state index in [-0.39, 0.29) is 5.78 Å². The van der Waals surface area contributed by atoms with Gasteiger partial charge < -0.3 is 9.79 Å². The smallest absolute Gasteiger partial charge is 0.324 e. The van der Waals surface area contributed by atoms with Gasteiger partial charge in [-0.25, -0.2) is 0 Å². The molecule has 1 unspecified atom stereocenters. The first-order valence-corrected chi connectivity index (χ1v) is 7.64. The molecule has 0 heterocycles. The number of hydrogen-bond donors (Lipinski definition) is 2. The van der Waals surface area contributed by atoms with Gasteiger partial charge in [0.1, 0.15) is 0 Å². The van der Waals surface area contributed by atoms with E-state index in [4.69, 9.17) is 9.79 Å². The predicted molar refractivity (Wildman–Crippen MR) is 70.9 cm³/mol. The summed E-state index contributed by atoms with van der Waals surface area (Å²) in [4.78, 5) is 29.7. The predicted octanol–water partition coefficient (Wildman–Crippen LogP) is 2.91. The fourth-order valence-electron chi connectivity index (χ4n) is 1.69. The lowest BCUT2D eigenvalue weighted by molar-refractivity contribution is 0.0979. The second-order valence-corrected chi connectivity index (χ2v) is 6.68. The molecular weight excluding hydrogens is 251 g/mol. The molecule has 0 saturated heterocycles. The molecule has 0 aliphatic heterocycles. The first kappa shape index (κ1) is 15.1. The van der Waals surface area contributed by atoms with Crippen LogP contribution in [-0.2, 0) is 4.57 Å². The second kappa shape index (κ2) is 6.28. The molecule has 5 heteroatoms. The largest absolute Gasteiger partial charge is 0.328 e. The van der Waals surface area contributed by atoms with Crippen molar-refractivity contribution in [2.45, 2.75) is 38.8 Å². The van der Waals surface area contributed by atoms with Gasteiger partial charge in [0.15, 0.2) is 5.78 Å². The molecule has 0 amide bonds. The van der Waals surface area contributed by atoms with Crippen LogP contribution in [0, 0.1) is 6.92 Å². The number of ketones is 1. The van der Waals surface area contributed by atoms with Crippen molar-refractivity contribution in [1.29, 1.82) is 0 Å². The maximum atomic E-state index is 11.8. The molecule has 1 aromatic carbocycles. The molecule has 100 valence electrons. The van der Waals surface area contributed by atoms with Gasteiger partial charge in [-0.15, -0.1) is 0 Å². The van der Waals surface area contributed by atoms with Crippen LogP contribution in [0.5, 0.6) is 0 Å². The number of Topliss-reactive ketones (excluding diaryl/α,β-unsaturated/α-hetero) is 1. The zero-order valence-corrected chi connectivity index (χ0v) is 11.6. The second-order valence-electron chi connectivity index (χ2n) is 4.62. The summed E-state index contributed by atoms with van der Waals surface area (Å²) in [5.41, 5.74) is 1.02. The molecule has 0 bridgehead atoms. The lowest BCUT2D eigenvalue weighted by atomic mass is 10.0. The topological polar surface area (TPSA) is 74.6 Å². The zero-order chi connectivity index (χ0) is 13.8. The van der Waals surface area contributed by atoms with Crippen LogP contribution < -0.4 is 0 Å². The van der Waals surface area contributed by atoms with Gasteiger partial charge in [-0.05, 0) is 25.8 Å². The molecular formula is C13H19O4P. The van der Waals surface area contributed by atoms with Crippen LogP contribution in [0.4, 0.5) is 0 Å². The highest BCUT2D eigenvalue weighted by atomic mass is 31.2. The third-order valence-electron chi connectivity index (χ3n) is 2.94. The molecule has 0 saturated carbocycles. The van der Waals surface area contributed by atoms with Crippen LogP contribution in [0.3, 0.4) is 0 Å². The van der Waals surface area contributed by atoms with Crippen LogP contribution in [0.15, 0.2) is 24.3 Å². The van der Waals surface area contributed by atoms with Crippen molar-refractivity contribution in [3.05, 3.63) is 35.4 Å². The highest BCUT2D eigenvalue weighted by Crippen LogP contribution is 2.43. The van der Waals surface area contributed by atoms with E-state index in [1.54, 1.807) is 6.07 Å². The lowest BCUT2D eigenvalue weighted by Gasteiger charge is -2.12. The molecule has 2 N–H and O–H groups in total. The Hall–Kier alpha value is -0.960. The van der Waals surface area contributed by atoms with E-state index in [1.165, 1.54) is 6.92 Å². The van der Waals surface area contributed by atoms with Gasteiger partial charge in [0.25, 0.3) is 0 Å². The fraction of sp³-hybridized carbons (Fsp3) is 0.462. The molecule has 0 aromatic heterocycles. The minimum atomic E-state index is -4.01. The van der Waals surface area contributed by atoms with Gasteiger partial charge in [0.05, 0.1) is 5.66 Å². The van der Waals surface area contributed by atoms with Crippen molar-refractivity contribution in [3.63, 3.8) is 0 Å². The highest BCUT2D eigenvalue weighted by Gasteiger charge is 2.23.